The molecule has 2 N–H and O–H groups in total. The zero-order valence-electron chi connectivity index (χ0n) is 12.2. The lowest BCUT2D eigenvalue weighted by Gasteiger charge is -2.32. The maximum absolute atomic E-state index is 11.7. The summed E-state index contributed by atoms with van der Waals surface area (Å²) in [5, 5.41) is 7.05. The Morgan fingerprint density at radius 1 is 1.42 bits per heavy atom. The van der Waals surface area contributed by atoms with Crippen LogP contribution in [0, 0.1) is 10.8 Å². The monoisotopic (exact) mass is 283 g/mol. The third kappa shape index (κ3) is 3.44. The molecular formula is C14H25N3OS. The third-order valence-electron chi connectivity index (χ3n) is 4.26. The molecule has 108 valence electrons. The average Bonchev–Trinajstić information content (AvgIpc) is 2.85. The molecule has 2 rings (SSSR count). The van der Waals surface area contributed by atoms with E-state index >= 15 is 0 Å². The Labute approximate surface area is 120 Å². The van der Waals surface area contributed by atoms with Crippen LogP contribution in [0.5, 0.6) is 0 Å². The van der Waals surface area contributed by atoms with Crippen molar-refractivity contribution in [3.05, 3.63) is 0 Å². The summed E-state index contributed by atoms with van der Waals surface area (Å²) in [6, 6.07) is 0. The fourth-order valence-electron chi connectivity index (χ4n) is 2.80. The van der Waals surface area contributed by atoms with Crippen LogP contribution in [0.4, 0.5) is 0 Å². The van der Waals surface area contributed by atoms with Gasteiger partial charge >= 0.3 is 0 Å². The Morgan fingerprint density at radius 3 is 2.63 bits per heavy atom. The van der Waals surface area contributed by atoms with Crippen LogP contribution in [0.1, 0.15) is 39.5 Å². The lowest BCUT2D eigenvalue weighted by atomic mass is 9.89. The summed E-state index contributed by atoms with van der Waals surface area (Å²) < 4.78 is 0. The zero-order valence-corrected chi connectivity index (χ0v) is 13.0. The lowest BCUT2D eigenvalue weighted by Crippen LogP contribution is -2.44. The third-order valence-corrected chi connectivity index (χ3v) is 5.56. The number of aliphatic imine (C=N–C) groups is 1. The Hall–Kier alpha value is -0.710. The summed E-state index contributed by atoms with van der Waals surface area (Å²) in [5.41, 5.74) is 0.0759. The number of hydrogen-bond acceptors (Lipinski definition) is 4. The van der Waals surface area contributed by atoms with E-state index in [-0.39, 0.29) is 5.91 Å². The number of carbonyl (C=O) groups is 1. The molecule has 1 heterocycles. The largest absolute Gasteiger partial charge is 0.364 e. The molecule has 0 saturated heterocycles. The Kier molecular flexibility index (Phi) is 4.43. The van der Waals surface area contributed by atoms with E-state index in [1.54, 1.807) is 7.05 Å². The van der Waals surface area contributed by atoms with Crippen molar-refractivity contribution < 1.29 is 4.79 Å². The number of amides is 1. The fraction of sp³-hybridized carbons (Fsp3) is 0.857. The highest BCUT2D eigenvalue weighted by molar-refractivity contribution is 8.13. The summed E-state index contributed by atoms with van der Waals surface area (Å²) in [4.78, 5) is 16.4. The van der Waals surface area contributed by atoms with Gasteiger partial charge in [-0.25, -0.2) is 0 Å². The van der Waals surface area contributed by atoms with Crippen molar-refractivity contribution in [3.63, 3.8) is 0 Å². The average molecular weight is 283 g/mol. The topological polar surface area (TPSA) is 53.5 Å². The zero-order chi connectivity index (χ0) is 13.9. The molecular weight excluding hydrogens is 258 g/mol. The Bertz CT molecular complexity index is 373. The van der Waals surface area contributed by atoms with Crippen molar-refractivity contribution in [2.45, 2.75) is 39.5 Å². The fourth-order valence-corrected chi connectivity index (χ4v) is 3.95. The molecule has 1 amide bonds. The van der Waals surface area contributed by atoms with Crippen molar-refractivity contribution in [1.82, 2.24) is 10.6 Å². The number of nitrogens with one attached hydrogen (secondary N) is 2. The highest BCUT2D eigenvalue weighted by Gasteiger charge is 2.36. The summed E-state index contributed by atoms with van der Waals surface area (Å²) >= 11 is 1.83. The van der Waals surface area contributed by atoms with Gasteiger partial charge in [0.1, 0.15) is 0 Å². The summed E-state index contributed by atoms with van der Waals surface area (Å²) in [5.74, 6) is 1.24. The van der Waals surface area contributed by atoms with Gasteiger partial charge in [0.2, 0.25) is 5.91 Å². The molecule has 0 unspecified atom stereocenters. The second kappa shape index (κ2) is 5.73. The van der Waals surface area contributed by atoms with Gasteiger partial charge in [0.05, 0.1) is 5.41 Å². The standard InChI is InChI=1S/C14H25N3OS/c1-13(2,11(18)15-3)8-16-12-17-9-14(10-19-12)6-4-5-7-14/h4-10H2,1-3H3,(H,15,18)(H,16,17). The molecule has 1 aliphatic heterocycles. The molecule has 0 atom stereocenters. The normalized spacial score (nSPS) is 22.2. The predicted molar refractivity (Wildman–Crippen MR) is 81.5 cm³/mol. The first-order valence-electron chi connectivity index (χ1n) is 7.11. The molecule has 2 aliphatic rings. The van der Waals surface area contributed by atoms with Gasteiger partial charge in [-0.05, 0) is 32.1 Å². The van der Waals surface area contributed by atoms with E-state index in [0.29, 0.717) is 12.0 Å². The van der Waals surface area contributed by atoms with Crippen LogP contribution in [0.3, 0.4) is 0 Å². The van der Waals surface area contributed by atoms with E-state index in [9.17, 15) is 4.79 Å². The number of amidine groups is 1. The van der Waals surface area contributed by atoms with Crippen molar-refractivity contribution >= 4 is 22.8 Å². The quantitative estimate of drug-likeness (QED) is 0.833. The molecule has 1 spiro atoms. The molecule has 4 nitrogen and oxygen atoms in total. The van der Waals surface area contributed by atoms with E-state index < -0.39 is 5.41 Å². The summed E-state index contributed by atoms with van der Waals surface area (Å²) in [7, 11) is 1.68. The number of thioether (sulfide) groups is 1. The molecule has 0 radical (unpaired) electrons. The minimum Gasteiger partial charge on any atom is -0.364 e. The molecule has 0 bridgehead atoms. The lowest BCUT2D eigenvalue weighted by molar-refractivity contribution is -0.128. The van der Waals surface area contributed by atoms with Gasteiger partial charge in [-0.3, -0.25) is 9.79 Å². The van der Waals surface area contributed by atoms with Crippen molar-refractivity contribution in [2.24, 2.45) is 15.8 Å². The summed E-state index contributed by atoms with van der Waals surface area (Å²) in [6.45, 7) is 5.49. The van der Waals surface area contributed by atoms with E-state index in [2.05, 4.69) is 15.6 Å². The Balaban J connectivity index is 1.85. The molecule has 1 aliphatic carbocycles. The van der Waals surface area contributed by atoms with Crippen LogP contribution in [-0.2, 0) is 4.79 Å². The molecule has 1 saturated carbocycles. The van der Waals surface area contributed by atoms with Gasteiger partial charge < -0.3 is 10.6 Å². The van der Waals surface area contributed by atoms with Gasteiger partial charge in [0, 0.05) is 25.9 Å². The van der Waals surface area contributed by atoms with Crippen molar-refractivity contribution in [1.29, 1.82) is 0 Å². The highest BCUT2D eigenvalue weighted by Crippen LogP contribution is 2.43. The maximum Gasteiger partial charge on any atom is 0.227 e. The second-order valence-corrected chi connectivity index (χ2v) is 7.40. The molecule has 19 heavy (non-hydrogen) atoms. The Morgan fingerprint density at radius 2 is 2.11 bits per heavy atom. The van der Waals surface area contributed by atoms with Crippen molar-refractivity contribution in [2.75, 3.05) is 25.9 Å². The van der Waals surface area contributed by atoms with Crippen LogP contribution >= 0.6 is 11.8 Å². The number of nitrogens with zero attached hydrogens (tertiary/aromatic N) is 1. The molecule has 1 fully saturated rings. The van der Waals surface area contributed by atoms with Crippen LogP contribution < -0.4 is 10.6 Å². The maximum atomic E-state index is 11.7. The first kappa shape index (κ1) is 14.7. The van der Waals surface area contributed by atoms with Crippen molar-refractivity contribution in [3.8, 4) is 0 Å². The van der Waals surface area contributed by atoms with Gasteiger partial charge in [-0.1, -0.05) is 24.6 Å². The molecule has 5 heteroatoms. The first-order valence-corrected chi connectivity index (χ1v) is 8.09. The van der Waals surface area contributed by atoms with E-state index in [0.717, 1.165) is 11.7 Å². The molecule has 0 aromatic carbocycles. The van der Waals surface area contributed by atoms with Gasteiger partial charge in [0.15, 0.2) is 5.17 Å². The first-order chi connectivity index (χ1) is 8.97. The second-order valence-electron chi connectivity index (χ2n) is 6.43. The molecule has 0 aromatic rings. The minimum atomic E-state index is -0.402. The van der Waals surface area contributed by atoms with Gasteiger partial charge in [0.25, 0.3) is 0 Å². The van der Waals surface area contributed by atoms with Crippen LogP contribution in [0.2, 0.25) is 0 Å². The van der Waals surface area contributed by atoms with Crippen LogP contribution in [-0.4, -0.2) is 37.0 Å². The SMILES string of the molecule is CNC(=O)C(C)(C)CNC1=NCC2(CCCC2)CS1. The predicted octanol–water partition coefficient (Wildman–Crippen LogP) is 2.01. The van der Waals surface area contributed by atoms with Gasteiger partial charge in [-0.2, -0.15) is 0 Å². The van der Waals surface area contributed by atoms with Crippen LogP contribution in [0.25, 0.3) is 0 Å². The van der Waals surface area contributed by atoms with E-state index in [1.165, 1.54) is 31.4 Å². The van der Waals surface area contributed by atoms with E-state index in [4.69, 9.17) is 0 Å². The van der Waals surface area contributed by atoms with Gasteiger partial charge in [-0.15, -0.1) is 0 Å². The minimum absolute atomic E-state index is 0.0636. The number of rotatable bonds is 3. The number of hydrogen-bond donors (Lipinski definition) is 2. The van der Waals surface area contributed by atoms with E-state index in [1.807, 2.05) is 25.6 Å². The summed E-state index contributed by atoms with van der Waals surface area (Å²) in [6.07, 6.45) is 5.39. The highest BCUT2D eigenvalue weighted by atomic mass is 32.2. The smallest absolute Gasteiger partial charge is 0.227 e. The van der Waals surface area contributed by atoms with Crippen LogP contribution in [0.15, 0.2) is 4.99 Å². The number of carbonyl (C=O) groups excluding carboxylic acids is 1. The molecule has 0 aromatic heterocycles.